The summed E-state index contributed by atoms with van der Waals surface area (Å²) in [6.45, 7) is 5.60. The number of aromatic nitrogens is 1. The summed E-state index contributed by atoms with van der Waals surface area (Å²) in [5.41, 5.74) is 9.31. The van der Waals surface area contributed by atoms with Crippen molar-refractivity contribution < 1.29 is 13.2 Å². The number of anilines is 1. The number of carbonyl (C=O) groups excluding carboxylic acids is 1. The lowest BCUT2D eigenvalue weighted by Gasteiger charge is -2.40. The highest BCUT2D eigenvalue weighted by Crippen LogP contribution is 2.28. The first-order valence-electron chi connectivity index (χ1n) is 10.7. The van der Waals surface area contributed by atoms with Gasteiger partial charge >= 0.3 is 0 Å². The highest BCUT2D eigenvalue weighted by atomic mass is 32.2. The van der Waals surface area contributed by atoms with Crippen molar-refractivity contribution in [3.8, 4) is 0 Å². The Hall–Kier alpha value is -2.49. The monoisotopic (exact) mass is 472 g/mol. The molecule has 0 aliphatic carbocycles. The van der Waals surface area contributed by atoms with Crippen molar-refractivity contribution in [2.24, 2.45) is 11.7 Å². The van der Waals surface area contributed by atoms with Crippen LogP contribution in [0.4, 0.5) is 5.69 Å². The summed E-state index contributed by atoms with van der Waals surface area (Å²) < 4.78 is 29.2. The Labute approximate surface area is 192 Å². The van der Waals surface area contributed by atoms with E-state index in [9.17, 15) is 13.2 Å². The fraction of sp³-hybridized carbons (Fsp3) is 0.391. The quantitative estimate of drug-likeness (QED) is 0.562. The van der Waals surface area contributed by atoms with E-state index in [2.05, 4.69) is 23.6 Å². The highest BCUT2D eigenvalue weighted by molar-refractivity contribution is 7.93. The van der Waals surface area contributed by atoms with E-state index in [-0.39, 0.29) is 16.3 Å². The predicted molar refractivity (Wildman–Crippen MR) is 128 cm³/mol. The number of sulfonamides is 1. The second-order valence-electron chi connectivity index (χ2n) is 8.89. The molecule has 0 spiro atoms. The molecule has 0 saturated carbocycles. The van der Waals surface area contributed by atoms with Crippen LogP contribution in [0.1, 0.15) is 43.5 Å². The largest absolute Gasteiger partial charge is 0.339 e. The van der Waals surface area contributed by atoms with Crippen LogP contribution in [0.3, 0.4) is 0 Å². The molecule has 1 fully saturated rings. The van der Waals surface area contributed by atoms with E-state index in [1.807, 2.05) is 11.0 Å². The van der Waals surface area contributed by atoms with Crippen LogP contribution in [0.15, 0.2) is 52.9 Å². The first kappa shape index (κ1) is 22.7. The molecule has 32 heavy (non-hydrogen) atoms. The summed E-state index contributed by atoms with van der Waals surface area (Å²) in [5.74, 6) is 0.472. The highest BCUT2D eigenvalue weighted by Gasteiger charge is 2.33. The number of hydrogen-bond donors (Lipinski definition) is 2. The summed E-state index contributed by atoms with van der Waals surface area (Å²) >= 11 is 1.39. The Bertz CT molecular complexity index is 1210. The standard InChI is InChI=1S/C23H28N4O3S2/c1-16(2)14-23(24)10-12-27(13-11-23)22(28)17-6-8-18(9-7-17)26-32(29,30)20-5-3-4-19-21(20)25-15-31-19/h3-9,15-16,26H,10-14,24H2,1-2H3. The molecule has 0 atom stereocenters. The third kappa shape index (κ3) is 4.79. The molecule has 9 heteroatoms. The molecule has 3 N–H and O–H groups in total. The minimum atomic E-state index is -3.80. The Morgan fingerprint density at radius 2 is 1.88 bits per heavy atom. The van der Waals surface area contributed by atoms with Gasteiger partial charge in [0.1, 0.15) is 10.4 Å². The fourth-order valence-electron chi connectivity index (χ4n) is 4.32. The lowest BCUT2D eigenvalue weighted by Crippen LogP contribution is -2.52. The SMILES string of the molecule is CC(C)CC1(N)CCN(C(=O)c2ccc(NS(=O)(=O)c3cccc4scnc34)cc2)CC1. The molecule has 170 valence electrons. The van der Waals surface area contributed by atoms with Gasteiger partial charge in [-0.2, -0.15) is 0 Å². The van der Waals surface area contributed by atoms with Crippen molar-refractivity contribution in [1.82, 2.24) is 9.88 Å². The van der Waals surface area contributed by atoms with Crippen LogP contribution >= 0.6 is 11.3 Å². The Morgan fingerprint density at radius 3 is 2.53 bits per heavy atom. The summed E-state index contributed by atoms with van der Waals surface area (Å²) in [5, 5.41) is 0. The first-order valence-corrected chi connectivity index (χ1v) is 13.1. The molecule has 1 aliphatic heterocycles. The van der Waals surface area contributed by atoms with Gasteiger partial charge in [0.25, 0.3) is 15.9 Å². The number of para-hydroxylation sites is 1. The molecule has 0 radical (unpaired) electrons. The van der Waals surface area contributed by atoms with Crippen LogP contribution in [0, 0.1) is 5.92 Å². The number of piperidine rings is 1. The molecule has 2 heterocycles. The van der Waals surface area contributed by atoms with E-state index in [0.29, 0.717) is 35.8 Å². The smallest absolute Gasteiger partial charge is 0.264 e. The molecule has 7 nitrogen and oxygen atoms in total. The lowest BCUT2D eigenvalue weighted by atomic mass is 9.81. The number of thiazole rings is 1. The van der Waals surface area contributed by atoms with Crippen LogP contribution < -0.4 is 10.5 Å². The molecule has 1 saturated heterocycles. The van der Waals surface area contributed by atoms with Gasteiger partial charge in [0, 0.05) is 29.9 Å². The second-order valence-corrected chi connectivity index (χ2v) is 11.4. The third-order valence-electron chi connectivity index (χ3n) is 5.86. The van der Waals surface area contributed by atoms with Gasteiger partial charge in [-0.1, -0.05) is 19.9 Å². The predicted octanol–water partition coefficient (Wildman–Crippen LogP) is 4.08. The van der Waals surface area contributed by atoms with Gasteiger partial charge in [-0.25, -0.2) is 13.4 Å². The minimum Gasteiger partial charge on any atom is -0.339 e. The van der Waals surface area contributed by atoms with E-state index < -0.39 is 10.0 Å². The van der Waals surface area contributed by atoms with Gasteiger partial charge in [0.15, 0.2) is 0 Å². The van der Waals surface area contributed by atoms with E-state index >= 15 is 0 Å². The minimum absolute atomic E-state index is 0.0572. The zero-order chi connectivity index (χ0) is 22.9. The number of nitrogens with two attached hydrogens (primary N) is 1. The van der Waals surface area contributed by atoms with Crippen LogP contribution in [0.5, 0.6) is 0 Å². The van der Waals surface area contributed by atoms with Crippen molar-refractivity contribution in [2.75, 3.05) is 17.8 Å². The summed E-state index contributed by atoms with van der Waals surface area (Å²) in [6, 6.07) is 11.6. The van der Waals surface area contributed by atoms with Gasteiger partial charge < -0.3 is 10.6 Å². The average molecular weight is 473 g/mol. The normalized spacial score (nSPS) is 16.4. The molecule has 0 unspecified atom stereocenters. The number of fused-ring (bicyclic) bond motifs is 1. The van der Waals surface area contributed by atoms with Crippen molar-refractivity contribution >= 4 is 43.2 Å². The van der Waals surface area contributed by atoms with Gasteiger partial charge in [0.05, 0.1) is 10.2 Å². The number of nitrogens with zero attached hydrogens (tertiary/aromatic N) is 2. The molecule has 1 amide bonds. The number of rotatable bonds is 6. The number of benzene rings is 2. The fourth-order valence-corrected chi connectivity index (χ4v) is 6.32. The second kappa shape index (κ2) is 8.80. The van der Waals surface area contributed by atoms with Crippen molar-refractivity contribution in [2.45, 2.75) is 43.5 Å². The maximum absolute atomic E-state index is 12.9. The summed E-state index contributed by atoms with van der Waals surface area (Å²) in [6.07, 6.45) is 2.53. The third-order valence-corrected chi connectivity index (χ3v) is 8.07. The van der Waals surface area contributed by atoms with E-state index in [1.54, 1.807) is 35.8 Å². The zero-order valence-corrected chi connectivity index (χ0v) is 19.9. The van der Waals surface area contributed by atoms with Gasteiger partial charge in [-0.05, 0) is 61.6 Å². The van der Waals surface area contributed by atoms with Gasteiger partial charge in [0.2, 0.25) is 0 Å². The number of carbonyl (C=O) groups is 1. The Morgan fingerprint density at radius 1 is 1.19 bits per heavy atom. The van der Waals surface area contributed by atoms with Crippen LogP contribution in [-0.4, -0.2) is 42.8 Å². The molecule has 4 rings (SSSR count). The van der Waals surface area contributed by atoms with Crippen LogP contribution in [-0.2, 0) is 10.0 Å². The number of hydrogen-bond acceptors (Lipinski definition) is 6. The van der Waals surface area contributed by atoms with E-state index in [0.717, 1.165) is 24.0 Å². The summed E-state index contributed by atoms with van der Waals surface area (Å²) in [4.78, 5) is 19.1. The van der Waals surface area contributed by atoms with E-state index in [1.165, 1.54) is 17.4 Å². The maximum Gasteiger partial charge on any atom is 0.264 e. The first-order chi connectivity index (χ1) is 15.2. The topological polar surface area (TPSA) is 105 Å². The van der Waals surface area contributed by atoms with E-state index in [4.69, 9.17) is 5.73 Å². The molecular formula is C23H28N4O3S2. The number of amides is 1. The molecule has 1 aliphatic rings. The molecule has 1 aromatic heterocycles. The maximum atomic E-state index is 12.9. The van der Waals surface area contributed by atoms with Gasteiger partial charge in [-0.3, -0.25) is 9.52 Å². The van der Waals surface area contributed by atoms with Crippen molar-refractivity contribution in [3.05, 3.63) is 53.5 Å². The number of likely N-dealkylation sites (tertiary alicyclic amines) is 1. The van der Waals surface area contributed by atoms with Crippen LogP contribution in [0.2, 0.25) is 0 Å². The van der Waals surface area contributed by atoms with Crippen LogP contribution in [0.25, 0.3) is 10.2 Å². The molecular weight excluding hydrogens is 444 g/mol. The van der Waals surface area contributed by atoms with Gasteiger partial charge in [-0.15, -0.1) is 11.3 Å². The molecule has 2 aromatic carbocycles. The lowest BCUT2D eigenvalue weighted by molar-refractivity contribution is 0.0657. The molecule has 0 bridgehead atoms. The Kier molecular flexibility index (Phi) is 6.24. The zero-order valence-electron chi connectivity index (χ0n) is 18.2. The average Bonchev–Trinajstić information content (AvgIpc) is 3.22. The number of nitrogens with one attached hydrogen (secondary N) is 1. The molecule has 3 aromatic rings. The summed E-state index contributed by atoms with van der Waals surface area (Å²) in [7, 11) is -3.80. The van der Waals surface area contributed by atoms with Crippen molar-refractivity contribution in [3.63, 3.8) is 0 Å². The Balaban J connectivity index is 1.43. The van der Waals surface area contributed by atoms with Crippen molar-refractivity contribution in [1.29, 1.82) is 0 Å².